The molecule has 2 aliphatic rings. The summed E-state index contributed by atoms with van der Waals surface area (Å²) in [5.41, 5.74) is 1.00. The first-order chi connectivity index (χ1) is 12.0. The van der Waals surface area contributed by atoms with E-state index in [9.17, 15) is 13.2 Å². The van der Waals surface area contributed by atoms with Crippen molar-refractivity contribution < 1.29 is 13.2 Å². The quantitative estimate of drug-likeness (QED) is 0.826. The fraction of sp³-hybridized carbons (Fsp3) is 0.312. The zero-order valence-electron chi connectivity index (χ0n) is 13.4. The van der Waals surface area contributed by atoms with Gasteiger partial charge in [0.1, 0.15) is 17.9 Å². The lowest BCUT2D eigenvalue weighted by molar-refractivity contribution is 0.182. The first-order valence-corrected chi connectivity index (χ1v) is 9.28. The van der Waals surface area contributed by atoms with Crippen molar-refractivity contribution in [3.63, 3.8) is 0 Å². The average molecular weight is 360 g/mol. The van der Waals surface area contributed by atoms with E-state index in [1.54, 1.807) is 31.2 Å². The zero-order valence-corrected chi connectivity index (χ0v) is 14.2. The van der Waals surface area contributed by atoms with Gasteiger partial charge < -0.3 is 4.74 Å². The number of sulfonamides is 1. The molecule has 0 radical (unpaired) electrons. The Bertz CT molecular complexity index is 1030. The van der Waals surface area contributed by atoms with E-state index in [4.69, 9.17) is 4.74 Å². The molecule has 0 bridgehead atoms. The van der Waals surface area contributed by atoms with Gasteiger partial charge in [-0.25, -0.2) is 13.1 Å². The summed E-state index contributed by atoms with van der Waals surface area (Å²) in [7, 11) is -3.60. The van der Waals surface area contributed by atoms with Gasteiger partial charge in [-0.05, 0) is 25.1 Å². The third-order valence-corrected chi connectivity index (χ3v) is 5.65. The number of hydrogen-bond acceptors (Lipinski definition) is 6. The van der Waals surface area contributed by atoms with Crippen LogP contribution in [-0.2, 0) is 14.8 Å². The molecule has 2 unspecified atom stereocenters. The minimum atomic E-state index is -3.60. The van der Waals surface area contributed by atoms with E-state index in [1.165, 1.54) is 16.8 Å². The molecule has 3 heterocycles. The molecular weight excluding hydrogens is 344 g/mol. The van der Waals surface area contributed by atoms with Crippen LogP contribution in [0.15, 0.2) is 51.1 Å². The summed E-state index contributed by atoms with van der Waals surface area (Å²) in [6, 6.07) is 8.98. The van der Waals surface area contributed by atoms with Gasteiger partial charge in [0.2, 0.25) is 0 Å². The van der Waals surface area contributed by atoms with Gasteiger partial charge in [0.05, 0.1) is 23.8 Å². The lowest BCUT2D eigenvalue weighted by Gasteiger charge is -2.16. The summed E-state index contributed by atoms with van der Waals surface area (Å²) in [6.07, 6.45) is 0. The van der Waals surface area contributed by atoms with Crippen LogP contribution in [0.3, 0.4) is 0 Å². The molecule has 130 valence electrons. The molecule has 2 aliphatic heterocycles. The molecule has 1 fully saturated rings. The first-order valence-electron chi connectivity index (χ1n) is 7.80. The third-order valence-electron chi connectivity index (χ3n) is 4.25. The Balaban J connectivity index is 1.74. The highest BCUT2D eigenvalue weighted by molar-refractivity contribution is 7.90. The number of nitrogens with zero attached hydrogens (tertiary/aromatic N) is 3. The molecule has 4 rings (SSSR count). The van der Waals surface area contributed by atoms with Crippen LogP contribution >= 0.6 is 0 Å². The van der Waals surface area contributed by atoms with Crippen molar-refractivity contribution in [2.24, 2.45) is 4.99 Å². The van der Waals surface area contributed by atoms with Gasteiger partial charge >= 0.3 is 0 Å². The van der Waals surface area contributed by atoms with Gasteiger partial charge in [0.15, 0.2) is 0 Å². The van der Waals surface area contributed by atoms with Crippen molar-refractivity contribution in [2.75, 3.05) is 13.2 Å². The van der Waals surface area contributed by atoms with Gasteiger partial charge in [0.25, 0.3) is 15.6 Å². The van der Waals surface area contributed by atoms with Gasteiger partial charge in [-0.2, -0.15) is 5.10 Å². The monoisotopic (exact) mass is 360 g/mol. The summed E-state index contributed by atoms with van der Waals surface area (Å²) in [4.78, 5) is 16.9. The van der Waals surface area contributed by atoms with Crippen LogP contribution in [0.25, 0.3) is 0 Å². The summed E-state index contributed by atoms with van der Waals surface area (Å²) in [5.74, 6) is 0.275. The minimum absolute atomic E-state index is 0.204. The van der Waals surface area contributed by atoms with Crippen molar-refractivity contribution in [3.05, 3.63) is 58.0 Å². The normalized spacial score (nSPS) is 25.7. The fourth-order valence-electron chi connectivity index (χ4n) is 3.04. The molecule has 0 amide bonds. The molecule has 1 N–H and O–H groups in total. The number of benzene rings is 1. The Morgan fingerprint density at radius 1 is 1.24 bits per heavy atom. The maximum atomic E-state index is 12.2. The highest BCUT2D eigenvalue weighted by atomic mass is 32.2. The second kappa shape index (κ2) is 5.78. The number of fused-ring (bicyclic) bond motifs is 1. The molecule has 2 atom stereocenters. The molecule has 0 saturated carbocycles. The molecular formula is C16H16N4O4S. The summed E-state index contributed by atoms with van der Waals surface area (Å²) < 4.78 is 33.7. The van der Waals surface area contributed by atoms with Crippen LogP contribution in [0, 0.1) is 6.92 Å². The van der Waals surface area contributed by atoms with E-state index in [0.29, 0.717) is 24.5 Å². The smallest absolute Gasteiger partial charge is 0.267 e. The molecule has 1 aromatic carbocycles. The lowest BCUT2D eigenvalue weighted by atomic mass is 10.1. The van der Waals surface area contributed by atoms with E-state index < -0.39 is 16.1 Å². The molecule has 25 heavy (non-hydrogen) atoms. The number of rotatable bonds is 2. The second-order valence-corrected chi connectivity index (χ2v) is 7.66. The number of ether oxygens (including phenoxy) is 1. The second-order valence-electron chi connectivity index (χ2n) is 6.01. The van der Waals surface area contributed by atoms with Crippen LogP contribution < -0.4 is 10.3 Å². The number of aromatic nitrogens is 2. The van der Waals surface area contributed by atoms with Crippen LogP contribution in [0.5, 0.6) is 0 Å². The number of nitrogens with one attached hydrogen (secondary N) is 1. The van der Waals surface area contributed by atoms with E-state index >= 15 is 0 Å². The standard InChI is InChI=1S/C16H16N4O4S/c1-10-6-7-15(21)20(18-10)13-9-24-8-12(13)17-16-11-4-2-3-5-14(11)25(22,23)19-16/h2-7,12-13H,8-9H2,1H3,(H,17,19). The van der Waals surface area contributed by atoms with E-state index in [1.807, 2.05) is 0 Å². The largest absolute Gasteiger partial charge is 0.377 e. The number of amidine groups is 1. The molecule has 1 saturated heterocycles. The Labute approximate surface area is 144 Å². The minimum Gasteiger partial charge on any atom is -0.377 e. The van der Waals surface area contributed by atoms with Crippen LogP contribution in [-0.4, -0.2) is 43.3 Å². The number of hydrogen-bond donors (Lipinski definition) is 1. The van der Waals surface area contributed by atoms with E-state index in [-0.39, 0.29) is 22.3 Å². The van der Waals surface area contributed by atoms with Gasteiger partial charge in [-0.1, -0.05) is 12.1 Å². The molecule has 0 aliphatic carbocycles. The highest BCUT2D eigenvalue weighted by Gasteiger charge is 2.35. The van der Waals surface area contributed by atoms with E-state index in [2.05, 4.69) is 14.8 Å². The van der Waals surface area contributed by atoms with Crippen molar-refractivity contribution in [1.82, 2.24) is 14.5 Å². The van der Waals surface area contributed by atoms with Crippen molar-refractivity contribution in [1.29, 1.82) is 0 Å². The third kappa shape index (κ3) is 2.75. The predicted molar refractivity (Wildman–Crippen MR) is 90.2 cm³/mol. The van der Waals surface area contributed by atoms with Crippen molar-refractivity contribution >= 4 is 15.9 Å². The average Bonchev–Trinajstić information content (AvgIpc) is 3.13. The number of aliphatic imine (C=N–C) groups is 1. The van der Waals surface area contributed by atoms with Gasteiger partial charge in [0, 0.05) is 11.6 Å². The van der Waals surface area contributed by atoms with Crippen molar-refractivity contribution in [3.8, 4) is 0 Å². The van der Waals surface area contributed by atoms with Gasteiger partial charge in [-0.15, -0.1) is 0 Å². The Morgan fingerprint density at radius 2 is 2.04 bits per heavy atom. The fourth-order valence-corrected chi connectivity index (χ4v) is 4.28. The molecule has 0 spiro atoms. The van der Waals surface area contributed by atoms with Crippen LogP contribution in [0.4, 0.5) is 0 Å². The van der Waals surface area contributed by atoms with Crippen molar-refractivity contribution in [2.45, 2.75) is 23.9 Å². The predicted octanol–water partition coefficient (Wildman–Crippen LogP) is 0.230. The summed E-state index contributed by atoms with van der Waals surface area (Å²) in [5, 5.41) is 4.27. The summed E-state index contributed by atoms with van der Waals surface area (Å²) >= 11 is 0. The zero-order chi connectivity index (χ0) is 17.6. The number of aryl methyl sites for hydroxylation is 1. The summed E-state index contributed by atoms with van der Waals surface area (Å²) in [6.45, 7) is 2.39. The van der Waals surface area contributed by atoms with E-state index in [0.717, 1.165) is 0 Å². The lowest BCUT2D eigenvalue weighted by Crippen LogP contribution is -2.34. The molecule has 1 aromatic heterocycles. The Kier molecular flexibility index (Phi) is 3.69. The van der Waals surface area contributed by atoms with Gasteiger partial charge in [-0.3, -0.25) is 14.5 Å². The maximum Gasteiger partial charge on any atom is 0.267 e. The Hall–Kier alpha value is -2.52. The maximum absolute atomic E-state index is 12.2. The SMILES string of the molecule is Cc1ccc(=O)n(C2COCC2N=C2NS(=O)(=O)c3ccccc32)n1. The topological polar surface area (TPSA) is 103 Å². The Morgan fingerprint density at radius 3 is 2.88 bits per heavy atom. The highest BCUT2D eigenvalue weighted by Crippen LogP contribution is 2.26. The van der Waals surface area contributed by atoms with Crippen LogP contribution in [0.1, 0.15) is 17.3 Å². The molecule has 9 heteroatoms. The molecule has 8 nitrogen and oxygen atoms in total. The van der Waals surface area contributed by atoms with Crippen LogP contribution in [0.2, 0.25) is 0 Å². The first kappa shape index (κ1) is 16.0. The molecule has 2 aromatic rings.